The molecule has 1 aromatic carbocycles. The zero-order valence-electron chi connectivity index (χ0n) is 15.7. The Bertz CT molecular complexity index is 850. The molecule has 8 nitrogen and oxygen atoms in total. The van der Waals surface area contributed by atoms with Gasteiger partial charge in [-0.3, -0.25) is 9.69 Å². The van der Waals surface area contributed by atoms with Gasteiger partial charge in [-0.15, -0.1) is 0 Å². The largest absolute Gasteiger partial charge is 0.459 e. The van der Waals surface area contributed by atoms with Gasteiger partial charge in [0.2, 0.25) is 0 Å². The zero-order chi connectivity index (χ0) is 20.7. The van der Waals surface area contributed by atoms with Crippen LogP contribution in [0.5, 0.6) is 0 Å². The van der Waals surface area contributed by atoms with E-state index in [-0.39, 0.29) is 37.2 Å². The SMILES string of the molecule is CC(C)(C)OC(=O)C1(c2c(F)cc(N3C[C@H](CN=[N+]=[N-])OC3=O)cc2F)CC1. The highest BCUT2D eigenvalue weighted by molar-refractivity contribution is 5.91. The predicted octanol–water partition coefficient (Wildman–Crippen LogP) is 3.97. The van der Waals surface area contributed by atoms with Gasteiger partial charge in [-0.05, 0) is 51.3 Å². The lowest BCUT2D eigenvalue weighted by molar-refractivity contribution is -0.158. The normalized spacial score (nSPS) is 20.4. The van der Waals surface area contributed by atoms with E-state index in [1.807, 2.05) is 0 Å². The molecule has 0 radical (unpaired) electrons. The lowest BCUT2D eigenvalue weighted by atomic mass is 9.94. The molecule has 1 atom stereocenters. The first-order chi connectivity index (χ1) is 13.1. The van der Waals surface area contributed by atoms with E-state index >= 15 is 0 Å². The number of esters is 1. The first-order valence-electron chi connectivity index (χ1n) is 8.79. The fourth-order valence-electron chi connectivity index (χ4n) is 3.18. The molecule has 0 bridgehead atoms. The van der Waals surface area contributed by atoms with Crippen molar-refractivity contribution in [1.29, 1.82) is 0 Å². The highest BCUT2D eigenvalue weighted by Gasteiger charge is 2.56. The number of hydrogen-bond donors (Lipinski definition) is 0. The Hall–Kier alpha value is -2.87. The summed E-state index contributed by atoms with van der Waals surface area (Å²) in [4.78, 5) is 28.1. The molecule has 150 valence electrons. The van der Waals surface area contributed by atoms with Crippen LogP contribution in [0.3, 0.4) is 0 Å². The molecule has 28 heavy (non-hydrogen) atoms. The van der Waals surface area contributed by atoms with E-state index in [0.717, 1.165) is 17.0 Å². The van der Waals surface area contributed by atoms with Crippen LogP contribution in [0.4, 0.5) is 19.3 Å². The monoisotopic (exact) mass is 394 g/mol. The average Bonchev–Trinajstić information content (AvgIpc) is 3.28. The number of azide groups is 1. The van der Waals surface area contributed by atoms with Crippen LogP contribution in [-0.4, -0.2) is 36.9 Å². The summed E-state index contributed by atoms with van der Waals surface area (Å²) >= 11 is 0. The minimum atomic E-state index is -1.34. The van der Waals surface area contributed by atoms with Gasteiger partial charge in [0.1, 0.15) is 23.3 Å². The maximum atomic E-state index is 14.8. The molecule has 1 amide bonds. The maximum absolute atomic E-state index is 14.8. The molecule has 1 aromatic rings. The van der Waals surface area contributed by atoms with Crippen LogP contribution in [0.25, 0.3) is 10.4 Å². The van der Waals surface area contributed by atoms with Gasteiger partial charge in [0.15, 0.2) is 0 Å². The molecule has 0 spiro atoms. The van der Waals surface area contributed by atoms with Crippen LogP contribution in [0.2, 0.25) is 0 Å². The van der Waals surface area contributed by atoms with Gasteiger partial charge in [0.25, 0.3) is 0 Å². The topological polar surface area (TPSA) is 105 Å². The minimum Gasteiger partial charge on any atom is -0.459 e. The molecule has 3 rings (SSSR count). The third-order valence-corrected chi connectivity index (χ3v) is 4.58. The van der Waals surface area contributed by atoms with Crippen molar-refractivity contribution in [3.8, 4) is 0 Å². The van der Waals surface area contributed by atoms with Crippen LogP contribution in [0.1, 0.15) is 39.2 Å². The number of rotatable bonds is 5. The number of halogens is 2. The number of ether oxygens (including phenoxy) is 2. The van der Waals surface area contributed by atoms with Crippen molar-refractivity contribution >= 4 is 17.7 Å². The summed E-state index contributed by atoms with van der Waals surface area (Å²) in [5.74, 6) is -2.52. The van der Waals surface area contributed by atoms with Crippen molar-refractivity contribution in [2.24, 2.45) is 5.11 Å². The summed E-state index contributed by atoms with van der Waals surface area (Å²) in [6, 6.07) is 2.00. The van der Waals surface area contributed by atoms with Crippen LogP contribution in [0, 0.1) is 11.6 Å². The van der Waals surface area contributed by atoms with Crippen molar-refractivity contribution in [3.05, 3.63) is 39.8 Å². The Balaban J connectivity index is 1.87. The molecule has 1 aliphatic heterocycles. The second-order valence-electron chi connectivity index (χ2n) is 7.90. The molecule has 1 heterocycles. The Morgan fingerprint density at radius 2 is 2.00 bits per heavy atom. The van der Waals surface area contributed by atoms with Gasteiger partial charge in [-0.2, -0.15) is 0 Å². The molecule has 0 unspecified atom stereocenters. The van der Waals surface area contributed by atoms with E-state index in [2.05, 4.69) is 10.0 Å². The smallest absolute Gasteiger partial charge is 0.414 e. The Morgan fingerprint density at radius 3 is 2.50 bits per heavy atom. The Morgan fingerprint density at radius 1 is 1.39 bits per heavy atom. The maximum Gasteiger partial charge on any atom is 0.414 e. The molecule has 10 heteroatoms. The number of nitrogens with zero attached hydrogens (tertiary/aromatic N) is 4. The van der Waals surface area contributed by atoms with E-state index in [9.17, 15) is 18.4 Å². The fourth-order valence-corrected chi connectivity index (χ4v) is 3.18. The number of benzene rings is 1. The molecule has 1 saturated heterocycles. The molecular formula is C18H20F2N4O4. The second kappa shape index (κ2) is 6.94. The van der Waals surface area contributed by atoms with E-state index in [1.54, 1.807) is 20.8 Å². The van der Waals surface area contributed by atoms with Crippen molar-refractivity contribution in [3.63, 3.8) is 0 Å². The molecule has 1 saturated carbocycles. The van der Waals surface area contributed by atoms with Crippen molar-refractivity contribution < 1.29 is 27.8 Å². The van der Waals surface area contributed by atoms with E-state index in [4.69, 9.17) is 15.0 Å². The van der Waals surface area contributed by atoms with Gasteiger partial charge in [-0.25, -0.2) is 13.6 Å². The van der Waals surface area contributed by atoms with Gasteiger partial charge in [0.05, 0.1) is 24.2 Å². The van der Waals surface area contributed by atoms with Crippen molar-refractivity contribution in [1.82, 2.24) is 0 Å². The van der Waals surface area contributed by atoms with Crippen molar-refractivity contribution in [2.45, 2.75) is 50.7 Å². The summed E-state index contributed by atoms with van der Waals surface area (Å²) in [5, 5.41) is 3.33. The summed E-state index contributed by atoms with van der Waals surface area (Å²) in [5.41, 5.74) is 5.85. The Kier molecular flexibility index (Phi) is 4.93. The summed E-state index contributed by atoms with van der Waals surface area (Å²) in [6.45, 7) is 4.96. The lowest BCUT2D eigenvalue weighted by Crippen LogP contribution is -2.33. The third kappa shape index (κ3) is 3.73. The van der Waals surface area contributed by atoms with Gasteiger partial charge >= 0.3 is 12.1 Å². The Labute approximate surface area is 160 Å². The first-order valence-corrected chi connectivity index (χ1v) is 8.79. The van der Waals surface area contributed by atoms with E-state index < -0.39 is 40.8 Å². The zero-order valence-corrected chi connectivity index (χ0v) is 15.7. The summed E-state index contributed by atoms with van der Waals surface area (Å²) in [7, 11) is 0. The van der Waals surface area contributed by atoms with Crippen LogP contribution >= 0.6 is 0 Å². The predicted molar refractivity (Wildman–Crippen MR) is 94.7 cm³/mol. The van der Waals surface area contributed by atoms with Gasteiger partial charge < -0.3 is 9.47 Å². The van der Waals surface area contributed by atoms with Crippen LogP contribution < -0.4 is 4.90 Å². The summed E-state index contributed by atoms with van der Waals surface area (Å²) in [6.07, 6.45) is -0.923. The highest BCUT2D eigenvalue weighted by Crippen LogP contribution is 2.52. The third-order valence-electron chi connectivity index (χ3n) is 4.58. The quantitative estimate of drug-likeness (QED) is 0.326. The molecule has 0 N–H and O–H groups in total. The van der Waals surface area contributed by atoms with Crippen LogP contribution in [0.15, 0.2) is 17.2 Å². The van der Waals surface area contributed by atoms with Crippen LogP contribution in [-0.2, 0) is 19.7 Å². The average molecular weight is 394 g/mol. The van der Waals surface area contributed by atoms with E-state index in [1.165, 1.54) is 0 Å². The molecule has 2 fully saturated rings. The standard InChI is InChI=1S/C18H20F2N4O4/c1-17(2,3)28-15(25)18(4-5-18)14-12(19)6-10(7-13(14)20)24-9-11(8-22-23-21)27-16(24)26/h6-7,11H,4-5,8-9H2,1-3H3/t11-/m0/s1. The second-order valence-corrected chi connectivity index (χ2v) is 7.90. The summed E-state index contributed by atoms with van der Waals surface area (Å²) < 4.78 is 40.0. The number of carbonyl (C=O) groups excluding carboxylic acids is 2. The highest BCUT2D eigenvalue weighted by atomic mass is 19.1. The number of anilines is 1. The number of amides is 1. The van der Waals surface area contributed by atoms with Gasteiger partial charge in [0, 0.05) is 10.5 Å². The van der Waals surface area contributed by atoms with Gasteiger partial charge in [-0.1, -0.05) is 5.11 Å². The molecular weight excluding hydrogens is 374 g/mol. The van der Waals surface area contributed by atoms with E-state index in [0.29, 0.717) is 0 Å². The number of cyclic esters (lactones) is 1. The molecule has 1 aliphatic carbocycles. The molecule has 2 aliphatic rings. The lowest BCUT2D eigenvalue weighted by Gasteiger charge is -2.25. The minimum absolute atomic E-state index is 0.00666. The number of hydrogen-bond acceptors (Lipinski definition) is 5. The first kappa shape index (κ1) is 19.9. The van der Waals surface area contributed by atoms with Crippen molar-refractivity contribution in [2.75, 3.05) is 18.0 Å². The molecule has 0 aromatic heterocycles. The fraction of sp³-hybridized carbons (Fsp3) is 0.556. The number of carbonyl (C=O) groups is 2.